The van der Waals surface area contributed by atoms with E-state index in [1.807, 2.05) is 18.2 Å². The van der Waals surface area contributed by atoms with Crippen LogP contribution in [0.5, 0.6) is 0 Å². The molecule has 0 aliphatic carbocycles. The summed E-state index contributed by atoms with van der Waals surface area (Å²) in [6.07, 6.45) is 0. The fourth-order valence-electron chi connectivity index (χ4n) is 1.53. The lowest BCUT2D eigenvalue weighted by Crippen LogP contribution is -1.91. The van der Waals surface area contributed by atoms with Gasteiger partial charge in [0, 0.05) is 11.6 Å². The standard InChI is InChI=1S/C11H6N2O3S/c14-11(15)9-4-8(13-16-9)6-1-2-7-10(3-6)17-5-12-7/h1-5H,(H,14,15). The van der Waals surface area contributed by atoms with Gasteiger partial charge >= 0.3 is 5.97 Å². The maximum Gasteiger partial charge on any atom is 0.374 e. The summed E-state index contributed by atoms with van der Waals surface area (Å²) >= 11 is 1.52. The molecule has 0 unspecified atom stereocenters. The van der Waals surface area contributed by atoms with Crippen LogP contribution in [0.4, 0.5) is 0 Å². The Balaban J connectivity index is 2.09. The predicted molar refractivity (Wildman–Crippen MR) is 62.1 cm³/mol. The van der Waals surface area contributed by atoms with Crippen molar-refractivity contribution in [2.24, 2.45) is 0 Å². The summed E-state index contributed by atoms with van der Waals surface area (Å²) in [5, 5.41) is 12.5. The van der Waals surface area contributed by atoms with E-state index in [0.29, 0.717) is 5.69 Å². The molecule has 2 heterocycles. The Morgan fingerprint density at radius 3 is 3.00 bits per heavy atom. The zero-order valence-electron chi connectivity index (χ0n) is 8.45. The molecule has 0 radical (unpaired) electrons. The minimum atomic E-state index is -1.12. The Morgan fingerprint density at radius 1 is 1.35 bits per heavy atom. The largest absolute Gasteiger partial charge is 0.475 e. The van der Waals surface area contributed by atoms with Gasteiger partial charge in [-0.2, -0.15) is 0 Å². The maximum absolute atomic E-state index is 10.7. The van der Waals surface area contributed by atoms with Gasteiger partial charge < -0.3 is 9.63 Å². The van der Waals surface area contributed by atoms with Crippen LogP contribution >= 0.6 is 11.3 Å². The number of aromatic nitrogens is 2. The number of aromatic carboxylic acids is 1. The second-order valence-electron chi connectivity index (χ2n) is 3.42. The summed E-state index contributed by atoms with van der Waals surface area (Å²) < 4.78 is 5.74. The first-order valence-electron chi connectivity index (χ1n) is 4.78. The molecule has 1 N–H and O–H groups in total. The number of hydrogen-bond acceptors (Lipinski definition) is 5. The van der Waals surface area contributed by atoms with Crippen molar-refractivity contribution >= 4 is 27.5 Å². The first-order valence-corrected chi connectivity index (χ1v) is 5.65. The number of thiazole rings is 1. The third kappa shape index (κ3) is 1.68. The van der Waals surface area contributed by atoms with Gasteiger partial charge in [0.05, 0.1) is 15.7 Å². The lowest BCUT2D eigenvalue weighted by molar-refractivity contribution is 0.0652. The minimum Gasteiger partial charge on any atom is -0.475 e. The molecule has 0 amide bonds. The number of carboxylic acid groups (broad SMARTS) is 1. The summed E-state index contributed by atoms with van der Waals surface area (Å²) in [6, 6.07) is 7.03. The van der Waals surface area contributed by atoms with E-state index in [4.69, 9.17) is 9.63 Å². The smallest absolute Gasteiger partial charge is 0.374 e. The van der Waals surface area contributed by atoms with Crippen LogP contribution in [-0.2, 0) is 0 Å². The highest BCUT2D eigenvalue weighted by Crippen LogP contribution is 2.25. The zero-order chi connectivity index (χ0) is 11.8. The molecular formula is C11H6N2O3S. The van der Waals surface area contributed by atoms with E-state index in [0.717, 1.165) is 15.8 Å². The third-order valence-electron chi connectivity index (χ3n) is 2.35. The average Bonchev–Trinajstić information content (AvgIpc) is 2.97. The highest BCUT2D eigenvalue weighted by molar-refractivity contribution is 7.16. The van der Waals surface area contributed by atoms with Gasteiger partial charge in [0.2, 0.25) is 5.76 Å². The molecule has 6 heteroatoms. The van der Waals surface area contributed by atoms with Gasteiger partial charge in [0.1, 0.15) is 5.69 Å². The molecule has 2 aromatic heterocycles. The lowest BCUT2D eigenvalue weighted by atomic mass is 10.1. The number of benzene rings is 1. The van der Waals surface area contributed by atoms with Gasteiger partial charge in [0.15, 0.2) is 0 Å². The van der Waals surface area contributed by atoms with E-state index in [-0.39, 0.29) is 5.76 Å². The quantitative estimate of drug-likeness (QED) is 0.752. The molecule has 3 aromatic rings. The molecule has 1 aromatic carbocycles. The molecule has 0 aliphatic rings. The van der Waals surface area contributed by atoms with Gasteiger partial charge in [-0.1, -0.05) is 11.2 Å². The summed E-state index contributed by atoms with van der Waals surface area (Å²) in [4.78, 5) is 14.8. The fraction of sp³-hybridized carbons (Fsp3) is 0. The molecule has 0 fully saturated rings. The third-order valence-corrected chi connectivity index (χ3v) is 3.14. The first kappa shape index (κ1) is 9.98. The van der Waals surface area contributed by atoms with Crippen LogP contribution in [0.2, 0.25) is 0 Å². The summed E-state index contributed by atoms with van der Waals surface area (Å²) in [6.45, 7) is 0. The highest BCUT2D eigenvalue weighted by Gasteiger charge is 2.12. The Labute approximate surface area is 99.3 Å². The second kappa shape index (κ2) is 3.67. The molecule has 0 saturated heterocycles. The lowest BCUT2D eigenvalue weighted by Gasteiger charge is -1.94. The van der Waals surface area contributed by atoms with Crippen molar-refractivity contribution in [3.05, 3.63) is 35.5 Å². The molecule has 0 saturated carbocycles. The van der Waals surface area contributed by atoms with Crippen LogP contribution in [-0.4, -0.2) is 21.2 Å². The molecule has 5 nitrogen and oxygen atoms in total. The number of carboxylic acids is 1. The second-order valence-corrected chi connectivity index (χ2v) is 4.30. The Kier molecular flexibility index (Phi) is 2.15. The van der Waals surface area contributed by atoms with Crippen molar-refractivity contribution in [3.63, 3.8) is 0 Å². The predicted octanol–water partition coefficient (Wildman–Crippen LogP) is 2.65. The van der Waals surface area contributed by atoms with E-state index in [2.05, 4.69) is 10.1 Å². The maximum atomic E-state index is 10.7. The molecule has 0 aliphatic heterocycles. The topological polar surface area (TPSA) is 76.2 Å². The molecule has 0 bridgehead atoms. The van der Waals surface area contributed by atoms with Crippen molar-refractivity contribution in [1.29, 1.82) is 0 Å². The van der Waals surface area contributed by atoms with Crippen molar-refractivity contribution in [2.45, 2.75) is 0 Å². The molecule has 17 heavy (non-hydrogen) atoms. The van der Waals surface area contributed by atoms with Crippen molar-refractivity contribution in [2.75, 3.05) is 0 Å². The summed E-state index contributed by atoms with van der Waals surface area (Å²) in [7, 11) is 0. The summed E-state index contributed by atoms with van der Waals surface area (Å²) in [5.74, 6) is -1.29. The van der Waals surface area contributed by atoms with Crippen LogP contribution in [0, 0.1) is 0 Å². The van der Waals surface area contributed by atoms with Crippen LogP contribution in [0.3, 0.4) is 0 Å². The molecular weight excluding hydrogens is 240 g/mol. The van der Waals surface area contributed by atoms with E-state index in [1.165, 1.54) is 17.4 Å². The van der Waals surface area contributed by atoms with Gasteiger partial charge in [-0.15, -0.1) is 11.3 Å². The average molecular weight is 246 g/mol. The monoisotopic (exact) mass is 246 g/mol. The number of nitrogens with zero attached hydrogens (tertiary/aromatic N) is 2. The molecule has 0 spiro atoms. The Hall–Kier alpha value is -2.21. The molecule has 3 rings (SSSR count). The highest BCUT2D eigenvalue weighted by atomic mass is 32.1. The van der Waals surface area contributed by atoms with Gasteiger partial charge in [-0.3, -0.25) is 0 Å². The molecule has 0 atom stereocenters. The van der Waals surface area contributed by atoms with E-state index in [9.17, 15) is 4.79 Å². The number of carbonyl (C=O) groups is 1. The normalized spacial score (nSPS) is 10.8. The van der Waals surface area contributed by atoms with Gasteiger partial charge in [0.25, 0.3) is 0 Å². The number of fused-ring (bicyclic) bond motifs is 1. The van der Waals surface area contributed by atoms with Gasteiger partial charge in [-0.25, -0.2) is 9.78 Å². The van der Waals surface area contributed by atoms with Crippen molar-refractivity contribution in [3.8, 4) is 11.3 Å². The SMILES string of the molecule is O=C(O)c1cc(-c2ccc3ncsc3c2)no1. The Morgan fingerprint density at radius 2 is 2.24 bits per heavy atom. The fourth-order valence-corrected chi connectivity index (χ4v) is 2.24. The van der Waals surface area contributed by atoms with Crippen LogP contribution in [0.1, 0.15) is 10.6 Å². The van der Waals surface area contributed by atoms with Crippen molar-refractivity contribution < 1.29 is 14.4 Å². The van der Waals surface area contributed by atoms with Crippen LogP contribution < -0.4 is 0 Å². The van der Waals surface area contributed by atoms with Gasteiger partial charge in [-0.05, 0) is 12.1 Å². The zero-order valence-corrected chi connectivity index (χ0v) is 9.27. The first-order chi connectivity index (χ1) is 8.24. The van der Waals surface area contributed by atoms with Crippen molar-refractivity contribution in [1.82, 2.24) is 10.1 Å². The van der Waals surface area contributed by atoms with E-state index >= 15 is 0 Å². The number of rotatable bonds is 2. The minimum absolute atomic E-state index is 0.163. The van der Waals surface area contributed by atoms with Crippen LogP contribution in [0.15, 0.2) is 34.3 Å². The molecule has 84 valence electrons. The van der Waals surface area contributed by atoms with E-state index < -0.39 is 5.97 Å². The summed E-state index contributed by atoms with van der Waals surface area (Å²) in [5.41, 5.74) is 4.01. The Bertz CT molecular complexity index is 701. The van der Waals surface area contributed by atoms with Crippen LogP contribution in [0.25, 0.3) is 21.5 Å². The number of hydrogen-bond donors (Lipinski definition) is 1. The van der Waals surface area contributed by atoms with E-state index in [1.54, 1.807) is 5.51 Å².